The molecule has 0 fully saturated rings. The Bertz CT molecular complexity index is 631. The second-order valence-electron chi connectivity index (χ2n) is 4.76. The van der Waals surface area contributed by atoms with Crippen LogP contribution in [0.2, 0.25) is 0 Å². The van der Waals surface area contributed by atoms with Crippen LogP contribution in [0.5, 0.6) is 0 Å². The Kier molecular flexibility index (Phi) is 1.98. The van der Waals surface area contributed by atoms with Gasteiger partial charge in [-0.25, -0.2) is 9.50 Å². The summed E-state index contributed by atoms with van der Waals surface area (Å²) in [5.41, 5.74) is -0.335. The lowest BCUT2D eigenvalue weighted by Crippen LogP contribution is -2.42. The van der Waals surface area contributed by atoms with Crippen LogP contribution in [0.15, 0.2) is 12.3 Å². The van der Waals surface area contributed by atoms with Crippen molar-refractivity contribution >= 4 is 11.3 Å². The van der Waals surface area contributed by atoms with Gasteiger partial charge in [0.1, 0.15) is 5.41 Å². The van der Waals surface area contributed by atoms with Crippen molar-refractivity contribution in [3.8, 4) is 0 Å². The normalized spacial score (nSPS) is 23.2. The fourth-order valence-electron chi connectivity index (χ4n) is 2.30. The van der Waals surface area contributed by atoms with Crippen molar-refractivity contribution in [1.82, 2.24) is 14.6 Å². The molecular formula is C11H11F3N4. The number of halogens is 3. The molecule has 1 atom stereocenters. The average molecular weight is 256 g/mol. The molecule has 0 radical (unpaired) electrons. The molecule has 3 heterocycles. The van der Waals surface area contributed by atoms with E-state index in [9.17, 15) is 13.2 Å². The summed E-state index contributed by atoms with van der Waals surface area (Å²) < 4.78 is 41.1. The molecule has 1 aliphatic rings. The number of aryl methyl sites for hydroxylation is 1. The van der Waals surface area contributed by atoms with E-state index in [0.717, 1.165) is 0 Å². The Morgan fingerprint density at radius 1 is 1.44 bits per heavy atom. The molecule has 7 heteroatoms. The van der Waals surface area contributed by atoms with Crippen LogP contribution in [-0.2, 0) is 5.41 Å². The predicted octanol–water partition coefficient (Wildman–Crippen LogP) is 2.28. The van der Waals surface area contributed by atoms with Gasteiger partial charge in [-0.15, -0.1) is 0 Å². The van der Waals surface area contributed by atoms with Gasteiger partial charge in [0, 0.05) is 12.6 Å². The number of hydrogen-bond donors (Lipinski definition) is 1. The van der Waals surface area contributed by atoms with Crippen LogP contribution in [0, 0.1) is 6.92 Å². The number of nitrogens with one attached hydrogen (secondary N) is 1. The summed E-state index contributed by atoms with van der Waals surface area (Å²) in [6.45, 7) is 2.72. The minimum Gasteiger partial charge on any atom is -0.381 e. The first-order valence-corrected chi connectivity index (χ1v) is 5.49. The number of aromatic nitrogens is 3. The molecule has 1 aliphatic heterocycles. The molecule has 96 valence electrons. The molecule has 1 N–H and O–H groups in total. The maximum absolute atomic E-state index is 13.3. The number of nitrogens with zero attached hydrogens (tertiary/aromatic N) is 3. The zero-order valence-corrected chi connectivity index (χ0v) is 9.84. The van der Waals surface area contributed by atoms with E-state index in [4.69, 9.17) is 0 Å². The van der Waals surface area contributed by atoms with Crippen LogP contribution in [0.4, 0.5) is 18.9 Å². The van der Waals surface area contributed by atoms with E-state index >= 15 is 0 Å². The summed E-state index contributed by atoms with van der Waals surface area (Å²) in [6.07, 6.45) is -2.90. The monoisotopic (exact) mass is 256 g/mol. The van der Waals surface area contributed by atoms with Gasteiger partial charge in [-0.05, 0) is 13.8 Å². The van der Waals surface area contributed by atoms with E-state index in [1.807, 2.05) is 0 Å². The van der Waals surface area contributed by atoms with E-state index < -0.39 is 11.6 Å². The van der Waals surface area contributed by atoms with E-state index in [-0.39, 0.29) is 12.2 Å². The molecule has 0 saturated heterocycles. The number of alkyl halides is 3. The highest BCUT2D eigenvalue weighted by Crippen LogP contribution is 2.47. The van der Waals surface area contributed by atoms with Crippen molar-refractivity contribution in [3.63, 3.8) is 0 Å². The molecule has 0 spiro atoms. The van der Waals surface area contributed by atoms with Crippen molar-refractivity contribution in [2.24, 2.45) is 0 Å². The van der Waals surface area contributed by atoms with Crippen molar-refractivity contribution in [3.05, 3.63) is 23.7 Å². The van der Waals surface area contributed by atoms with Crippen LogP contribution in [0.1, 0.15) is 18.3 Å². The van der Waals surface area contributed by atoms with Gasteiger partial charge in [0.2, 0.25) is 0 Å². The number of anilines is 1. The lowest BCUT2D eigenvalue weighted by molar-refractivity contribution is -0.181. The molecule has 0 bridgehead atoms. The van der Waals surface area contributed by atoms with Gasteiger partial charge in [-0.3, -0.25) is 0 Å². The lowest BCUT2D eigenvalue weighted by atomic mass is 9.88. The fraction of sp³-hybridized carbons (Fsp3) is 0.455. The SMILES string of the molecule is Cc1cc2ncc3c(n2n1)[C@](C)(C(F)(F)F)CN3. The quantitative estimate of drug-likeness (QED) is 0.786. The first kappa shape index (κ1) is 11.3. The highest BCUT2D eigenvalue weighted by molar-refractivity contribution is 5.60. The minimum atomic E-state index is -4.33. The summed E-state index contributed by atoms with van der Waals surface area (Å²) in [4.78, 5) is 4.09. The Labute approximate surface area is 101 Å². The second kappa shape index (κ2) is 3.15. The predicted molar refractivity (Wildman–Crippen MR) is 59.6 cm³/mol. The Morgan fingerprint density at radius 2 is 2.17 bits per heavy atom. The maximum Gasteiger partial charge on any atom is 0.401 e. The number of rotatable bonds is 0. The summed E-state index contributed by atoms with van der Waals surface area (Å²) in [5, 5.41) is 6.86. The van der Waals surface area contributed by atoms with E-state index in [2.05, 4.69) is 15.4 Å². The second-order valence-corrected chi connectivity index (χ2v) is 4.76. The third kappa shape index (κ3) is 1.27. The first-order chi connectivity index (χ1) is 8.33. The Balaban J connectivity index is 2.35. The molecular weight excluding hydrogens is 245 g/mol. The molecule has 3 rings (SSSR count). The van der Waals surface area contributed by atoms with Crippen LogP contribution in [0.25, 0.3) is 5.65 Å². The van der Waals surface area contributed by atoms with Crippen LogP contribution < -0.4 is 5.32 Å². The molecule has 0 saturated carbocycles. The summed E-state index contributed by atoms with van der Waals surface area (Å²) in [6, 6.07) is 1.66. The smallest absolute Gasteiger partial charge is 0.381 e. The van der Waals surface area contributed by atoms with Crippen molar-refractivity contribution in [1.29, 1.82) is 0 Å². The summed E-state index contributed by atoms with van der Waals surface area (Å²) in [5.74, 6) is 0. The molecule has 0 aromatic carbocycles. The highest BCUT2D eigenvalue weighted by atomic mass is 19.4. The minimum absolute atomic E-state index is 0.133. The van der Waals surface area contributed by atoms with Crippen molar-refractivity contribution < 1.29 is 13.2 Å². The molecule has 4 nitrogen and oxygen atoms in total. The van der Waals surface area contributed by atoms with Gasteiger partial charge >= 0.3 is 6.18 Å². The number of fused-ring (bicyclic) bond motifs is 3. The Hall–Kier alpha value is -1.79. The maximum atomic E-state index is 13.3. The van der Waals surface area contributed by atoms with Crippen LogP contribution >= 0.6 is 0 Å². The van der Waals surface area contributed by atoms with E-state index in [1.54, 1.807) is 13.0 Å². The molecule has 0 unspecified atom stereocenters. The largest absolute Gasteiger partial charge is 0.401 e. The summed E-state index contributed by atoms with van der Waals surface area (Å²) >= 11 is 0. The molecule has 0 amide bonds. The zero-order valence-electron chi connectivity index (χ0n) is 9.84. The van der Waals surface area contributed by atoms with E-state index in [0.29, 0.717) is 17.0 Å². The van der Waals surface area contributed by atoms with Gasteiger partial charge in [0.05, 0.1) is 23.3 Å². The van der Waals surface area contributed by atoms with Crippen LogP contribution in [-0.4, -0.2) is 27.3 Å². The van der Waals surface area contributed by atoms with Crippen molar-refractivity contribution in [2.75, 3.05) is 11.9 Å². The molecule has 2 aromatic rings. The standard InChI is InChI=1S/C11H11F3N4/c1-6-3-8-15-4-7-9(18(8)17-6)10(2,5-16-7)11(12,13)14/h3-4,16H,5H2,1-2H3/t10-/m1/s1. The molecule has 18 heavy (non-hydrogen) atoms. The van der Waals surface area contributed by atoms with Gasteiger partial charge in [-0.2, -0.15) is 18.3 Å². The van der Waals surface area contributed by atoms with Gasteiger partial charge in [0.15, 0.2) is 5.65 Å². The Morgan fingerprint density at radius 3 is 2.83 bits per heavy atom. The topological polar surface area (TPSA) is 42.2 Å². The fourth-order valence-corrected chi connectivity index (χ4v) is 2.30. The van der Waals surface area contributed by atoms with Gasteiger partial charge in [-0.1, -0.05) is 0 Å². The van der Waals surface area contributed by atoms with E-state index in [1.165, 1.54) is 17.6 Å². The number of hydrogen-bond acceptors (Lipinski definition) is 3. The highest BCUT2D eigenvalue weighted by Gasteiger charge is 2.57. The first-order valence-electron chi connectivity index (χ1n) is 5.49. The summed E-state index contributed by atoms with van der Waals surface area (Å²) in [7, 11) is 0. The zero-order chi connectivity index (χ0) is 13.1. The lowest BCUT2D eigenvalue weighted by Gasteiger charge is -2.27. The van der Waals surface area contributed by atoms with Crippen LogP contribution in [0.3, 0.4) is 0 Å². The van der Waals surface area contributed by atoms with Gasteiger partial charge < -0.3 is 5.32 Å². The van der Waals surface area contributed by atoms with Crippen molar-refractivity contribution in [2.45, 2.75) is 25.4 Å². The third-order valence-electron chi connectivity index (χ3n) is 3.39. The van der Waals surface area contributed by atoms with Gasteiger partial charge in [0.25, 0.3) is 0 Å². The molecule has 0 aliphatic carbocycles. The average Bonchev–Trinajstić information content (AvgIpc) is 2.78. The molecule has 2 aromatic heterocycles. The third-order valence-corrected chi connectivity index (χ3v) is 3.39.